The molecule has 1 saturated carbocycles. The Bertz CT molecular complexity index is 615. The van der Waals surface area contributed by atoms with E-state index in [1.54, 1.807) is 0 Å². The van der Waals surface area contributed by atoms with Crippen LogP contribution in [0.5, 0.6) is 0 Å². The molecule has 3 rings (SSSR count). The third-order valence-electron chi connectivity index (χ3n) is 3.98. The van der Waals surface area contributed by atoms with Crippen LogP contribution in [0.1, 0.15) is 37.7 Å². The van der Waals surface area contributed by atoms with E-state index < -0.39 is 11.7 Å². The number of hydrogen-bond donors (Lipinski definition) is 1. The smallest absolute Gasteiger partial charge is 0.361 e. The highest BCUT2D eigenvalue weighted by molar-refractivity contribution is 7.22. The van der Waals surface area contributed by atoms with Gasteiger partial charge in [-0.2, -0.15) is 13.2 Å². The molecule has 1 aromatic heterocycles. The van der Waals surface area contributed by atoms with Crippen molar-refractivity contribution in [2.75, 3.05) is 11.9 Å². The Hall–Kier alpha value is -1.30. The fraction of sp³-hybridized carbons (Fsp3) is 0.533. The third kappa shape index (κ3) is 3.48. The fourth-order valence-electron chi connectivity index (χ4n) is 2.80. The molecule has 0 atom stereocenters. The number of nitrogens with one attached hydrogen (secondary N) is 1. The van der Waals surface area contributed by atoms with E-state index in [-0.39, 0.29) is 0 Å². The van der Waals surface area contributed by atoms with Crippen LogP contribution in [0.3, 0.4) is 0 Å². The molecule has 1 aliphatic rings. The van der Waals surface area contributed by atoms with Crippen molar-refractivity contribution in [1.82, 2.24) is 4.98 Å². The highest BCUT2D eigenvalue weighted by Gasteiger charge is 2.30. The predicted molar refractivity (Wildman–Crippen MR) is 79.7 cm³/mol. The van der Waals surface area contributed by atoms with Crippen LogP contribution in [0, 0.1) is 5.92 Å². The molecule has 2 nitrogen and oxygen atoms in total. The minimum atomic E-state index is -4.31. The van der Waals surface area contributed by atoms with Crippen molar-refractivity contribution in [3.8, 4) is 0 Å². The van der Waals surface area contributed by atoms with Gasteiger partial charge in [0.05, 0.1) is 15.8 Å². The van der Waals surface area contributed by atoms with Gasteiger partial charge in [-0.15, -0.1) is 0 Å². The van der Waals surface area contributed by atoms with E-state index in [0.717, 1.165) is 28.5 Å². The van der Waals surface area contributed by atoms with Crippen molar-refractivity contribution in [3.63, 3.8) is 0 Å². The molecule has 6 heteroatoms. The second kappa shape index (κ2) is 5.83. The number of anilines is 1. The predicted octanol–water partition coefficient (Wildman–Crippen LogP) is 5.31. The van der Waals surface area contributed by atoms with Gasteiger partial charge < -0.3 is 5.32 Å². The van der Waals surface area contributed by atoms with Crippen LogP contribution < -0.4 is 5.32 Å². The number of rotatable bonds is 3. The number of benzene rings is 1. The fourth-order valence-corrected chi connectivity index (χ4v) is 3.66. The van der Waals surface area contributed by atoms with Crippen molar-refractivity contribution < 1.29 is 13.2 Å². The van der Waals surface area contributed by atoms with Crippen molar-refractivity contribution in [1.29, 1.82) is 0 Å². The number of hydrogen-bond acceptors (Lipinski definition) is 3. The zero-order valence-corrected chi connectivity index (χ0v) is 12.4. The Kier molecular flexibility index (Phi) is 4.06. The average Bonchev–Trinajstić information content (AvgIpc) is 2.87. The number of thiazole rings is 1. The lowest BCUT2D eigenvalue weighted by Gasteiger charge is -2.21. The molecule has 1 heterocycles. The van der Waals surface area contributed by atoms with Gasteiger partial charge in [-0.25, -0.2) is 4.98 Å². The van der Waals surface area contributed by atoms with Crippen LogP contribution in [-0.4, -0.2) is 11.5 Å². The van der Waals surface area contributed by atoms with Gasteiger partial charge in [-0.3, -0.25) is 0 Å². The monoisotopic (exact) mass is 314 g/mol. The highest BCUT2D eigenvalue weighted by Crippen LogP contribution is 2.34. The standard InChI is InChI=1S/C15H17F3N2S/c16-15(17,18)11-6-7-13-12(8-11)20-14(21-13)19-9-10-4-2-1-3-5-10/h6-8,10H,1-5,9H2,(H,19,20). The maximum Gasteiger partial charge on any atom is 0.416 e. The lowest BCUT2D eigenvalue weighted by atomic mass is 9.89. The van der Waals surface area contributed by atoms with Gasteiger partial charge in [0.1, 0.15) is 0 Å². The van der Waals surface area contributed by atoms with Crippen LogP contribution in [0.25, 0.3) is 10.2 Å². The van der Waals surface area contributed by atoms with Gasteiger partial charge in [0.2, 0.25) is 0 Å². The lowest BCUT2D eigenvalue weighted by Crippen LogP contribution is -2.16. The maximum absolute atomic E-state index is 12.7. The van der Waals surface area contributed by atoms with Crippen LogP contribution in [0.15, 0.2) is 18.2 Å². The molecule has 114 valence electrons. The number of nitrogens with zero attached hydrogens (tertiary/aromatic N) is 1. The first-order chi connectivity index (χ1) is 10.0. The van der Waals surface area contributed by atoms with Gasteiger partial charge >= 0.3 is 6.18 Å². The van der Waals surface area contributed by atoms with Crippen LogP contribution >= 0.6 is 11.3 Å². The van der Waals surface area contributed by atoms with Crippen LogP contribution in [0.4, 0.5) is 18.3 Å². The third-order valence-corrected chi connectivity index (χ3v) is 4.98. The SMILES string of the molecule is FC(F)(F)c1ccc2sc(NCC3CCCCC3)nc2c1. The first-order valence-electron chi connectivity index (χ1n) is 7.24. The van der Waals surface area contributed by atoms with E-state index in [0.29, 0.717) is 11.4 Å². The summed E-state index contributed by atoms with van der Waals surface area (Å²) in [4.78, 5) is 4.28. The summed E-state index contributed by atoms with van der Waals surface area (Å²) in [6, 6.07) is 3.74. The Morgan fingerprint density at radius 2 is 1.95 bits per heavy atom. The molecule has 0 spiro atoms. The number of halogens is 3. The average molecular weight is 314 g/mol. The molecular formula is C15H17F3N2S. The summed E-state index contributed by atoms with van der Waals surface area (Å²) in [6.45, 7) is 0.867. The van der Waals surface area contributed by atoms with E-state index in [2.05, 4.69) is 10.3 Å². The van der Waals surface area contributed by atoms with E-state index >= 15 is 0 Å². The molecule has 0 unspecified atom stereocenters. The Labute approximate surface area is 125 Å². The van der Waals surface area contributed by atoms with Gasteiger partial charge in [-0.1, -0.05) is 30.6 Å². The van der Waals surface area contributed by atoms with E-state index in [9.17, 15) is 13.2 Å². The zero-order chi connectivity index (χ0) is 14.9. The Morgan fingerprint density at radius 1 is 1.19 bits per heavy atom. The zero-order valence-electron chi connectivity index (χ0n) is 11.5. The second-order valence-corrected chi connectivity index (χ2v) is 6.61. The van der Waals surface area contributed by atoms with Crippen LogP contribution in [-0.2, 0) is 6.18 Å². The van der Waals surface area contributed by atoms with Gasteiger partial charge in [0.15, 0.2) is 5.13 Å². The molecule has 1 aromatic carbocycles. The van der Waals surface area contributed by atoms with Crippen molar-refractivity contribution in [2.24, 2.45) is 5.92 Å². The molecule has 1 fully saturated rings. The van der Waals surface area contributed by atoms with Gasteiger partial charge in [-0.05, 0) is 37.0 Å². The summed E-state index contributed by atoms with van der Waals surface area (Å²) in [5.41, 5.74) is -0.222. The Morgan fingerprint density at radius 3 is 2.67 bits per heavy atom. The minimum Gasteiger partial charge on any atom is -0.361 e. The molecule has 0 aliphatic heterocycles. The quantitative estimate of drug-likeness (QED) is 0.830. The Balaban J connectivity index is 1.71. The molecular weight excluding hydrogens is 297 g/mol. The molecule has 21 heavy (non-hydrogen) atoms. The first-order valence-corrected chi connectivity index (χ1v) is 8.06. The first kappa shape index (κ1) is 14.6. The molecule has 1 aliphatic carbocycles. The number of fused-ring (bicyclic) bond motifs is 1. The highest BCUT2D eigenvalue weighted by atomic mass is 32.1. The number of alkyl halides is 3. The summed E-state index contributed by atoms with van der Waals surface area (Å²) in [5, 5.41) is 4.01. The minimum absolute atomic E-state index is 0.418. The second-order valence-electron chi connectivity index (χ2n) is 5.58. The van der Waals surface area contributed by atoms with E-state index in [1.807, 2.05) is 0 Å². The van der Waals surface area contributed by atoms with E-state index in [1.165, 1.54) is 49.5 Å². The molecule has 0 radical (unpaired) electrons. The lowest BCUT2D eigenvalue weighted by molar-refractivity contribution is -0.137. The van der Waals surface area contributed by atoms with Crippen molar-refractivity contribution in [2.45, 2.75) is 38.3 Å². The van der Waals surface area contributed by atoms with Crippen molar-refractivity contribution in [3.05, 3.63) is 23.8 Å². The van der Waals surface area contributed by atoms with Crippen molar-refractivity contribution >= 4 is 26.7 Å². The number of aromatic nitrogens is 1. The topological polar surface area (TPSA) is 24.9 Å². The normalized spacial score (nSPS) is 17.3. The molecule has 0 bridgehead atoms. The summed E-state index contributed by atoms with van der Waals surface area (Å²) >= 11 is 1.42. The summed E-state index contributed by atoms with van der Waals surface area (Å²) in [7, 11) is 0. The maximum atomic E-state index is 12.7. The molecule has 0 amide bonds. The summed E-state index contributed by atoms with van der Waals surface area (Å²) in [5.74, 6) is 0.663. The molecule has 0 saturated heterocycles. The van der Waals surface area contributed by atoms with Gasteiger partial charge in [0, 0.05) is 6.54 Å². The van der Waals surface area contributed by atoms with Crippen LogP contribution in [0.2, 0.25) is 0 Å². The van der Waals surface area contributed by atoms with E-state index in [4.69, 9.17) is 0 Å². The molecule has 1 N–H and O–H groups in total. The summed E-state index contributed by atoms with van der Waals surface area (Å²) in [6.07, 6.45) is 2.03. The molecule has 2 aromatic rings. The van der Waals surface area contributed by atoms with Gasteiger partial charge in [0.25, 0.3) is 0 Å². The largest absolute Gasteiger partial charge is 0.416 e. The summed E-state index contributed by atoms with van der Waals surface area (Å²) < 4.78 is 38.8.